The molecule has 0 aromatic carbocycles. The normalized spacial score (nSPS) is 15.2. The highest BCUT2D eigenvalue weighted by Crippen LogP contribution is 2.32. The molecule has 2 atom stereocenters. The fourth-order valence-corrected chi connectivity index (χ4v) is 3.21. The Labute approximate surface area is 202 Å². The highest BCUT2D eigenvalue weighted by Gasteiger charge is 2.40. The lowest BCUT2D eigenvalue weighted by atomic mass is 9.77. The standard InChI is InChI=1S/C14H28O3.C12H24O4/c1-13(2,3)10-8-7-9-11(12(15)17-16)14(4,5)6;1-6-8-9-12(7-2,10(13)14)16-15-11(3,4)5/h11,16H,7-10H2,1-6H3;6-9H2,1-5H3,(H,13,14). The van der Waals surface area contributed by atoms with Gasteiger partial charge in [-0.05, 0) is 57.3 Å². The zero-order chi connectivity index (χ0) is 26.5. The van der Waals surface area contributed by atoms with Gasteiger partial charge < -0.3 is 9.99 Å². The number of rotatable bonds is 12. The van der Waals surface area contributed by atoms with E-state index in [0.29, 0.717) is 18.3 Å². The summed E-state index contributed by atoms with van der Waals surface area (Å²) in [5, 5.41) is 17.7. The van der Waals surface area contributed by atoms with Crippen LogP contribution >= 0.6 is 0 Å². The molecule has 0 aliphatic rings. The topological polar surface area (TPSA) is 102 Å². The second-order valence-corrected chi connectivity index (χ2v) is 12.2. The third-order valence-corrected chi connectivity index (χ3v) is 5.44. The van der Waals surface area contributed by atoms with Gasteiger partial charge in [-0.2, -0.15) is 5.26 Å². The van der Waals surface area contributed by atoms with Gasteiger partial charge in [0, 0.05) is 0 Å². The van der Waals surface area contributed by atoms with Crippen LogP contribution in [0, 0.1) is 16.7 Å². The Kier molecular flexibility index (Phi) is 15.4. The molecule has 33 heavy (non-hydrogen) atoms. The third-order valence-electron chi connectivity index (χ3n) is 5.44. The van der Waals surface area contributed by atoms with Crippen molar-refractivity contribution in [1.82, 2.24) is 0 Å². The molecule has 0 rings (SSSR count). The maximum Gasteiger partial charge on any atom is 0.345 e. The minimum absolute atomic E-state index is 0.165. The van der Waals surface area contributed by atoms with Crippen molar-refractivity contribution >= 4 is 11.9 Å². The molecule has 0 aromatic heterocycles. The van der Waals surface area contributed by atoms with Crippen LogP contribution in [0.1, 0.15) is 128 Å². The van der Waals surface area contributed by atoms with Gasteiger partial charge in [-0.3, -0.25) is 0 Å². The van der Waals surface area contributed by atoms with Crippen molar-refractivity contribution in [3.8, 4) is 0 Å². The predicted molar refractivity (Wildman–Crippen MR) is 132 cm³/mol. The molecule has 0 aliphatic heterocycles. The van der Waals surface area contributed by atoms with Gasteiger partial charge in [-0.1, -0.05) is 81.1 Å². The monoisotopic (exact) mass is 476 g/mol. The summed E-state index contributed by atoms with van der Waals surface area (Å²) in [5.74, 6) is -1.69. The number of hydrogen-bond acceptors (Lipinski definition) is 6. The maximum atomic E-state index is 11.5. The minimum atomic E-state index is -1.21. The predicted octanol–water partition coefficient (Wildman–Crippen LogP) is 7.43. The van der Waals surface area contributed by atoms with Gasteiger partial charge >= 0.3 is 11.9 Å². The summed E-state index contributed by atoms with van der Waals surface area (Å²) in [6, 6.07) is 0. The number of carboxylic acids is 1. The zero-order valence-corrected chi connectivity index (χ0v) is 23.2. The molecule has 7 heteroatoms. The fourth-order valence-electron chi connectivity index (χ4n) is 3.21. The Balaban J connectivity index is 0. The van der Waals surface area contributed by atoms with E-state index in [-0.39, 0.29) is 11.3 Å². The third kappa shape index (κ3) is 16.1. The molecule has 0 spiro atoms. The van der Waals surface area contributed by atoms with Crippen LogP contribution in [0.3, 0.4) is 0 Å². The molecule has 2 N–H and O–H groups in total. The lowest BCUT2D eigenvalue weighted by molar-refractivity contribution is -0.398. The zero-order valence-electron chi connectivity index (χ0n) is 23.2. The number of carbonyl (C=O) groups is 2. The highest BCUT2D eigenvalue weighted by molar-refractivity contribution is 5.77. The van der Waals surface area contributed by atoms with Crippen molar-refractivity contribution in [3.63, 3.8) is 0 Å². The van der Waals surface area contributed by atoms with Crippen LogP contribution in [0.4, 0.5) is 0 Å². The number of carboxylic acid groups (broad SMARTS) is 1. The lowest BCUT2D eigenvalue weighted by Crippen LogP contribution is -2.43. The average Bonchev–Trinajstić information content (AvgIpc) is 2.65. The van der Waals surface area contributed by atoms with Gasteiger partial charge in [-0.15, -0.1) is 0 Å². The largest absolute Gasteiger partial charge is 0.479 e. The van der Waals surface area contributed by atoms with Crippen LogP contribution in [-0.2, 0) is 24.3 Å². The van der Waals surface area contributed by atoms with Gasteiger partial charge in [0.1, 0.15) is 0 Å². The first kappa shape index (κ1) is 34.0. The van der Waals surface area contributed by atoms with Crippen molar-refractivity contribution in [3.05, 3.63) is 0 Å². The Morgan fingerprint density at radius 1 is 0.818 bits per heavy atom. The van der Waals surface area contributed by atoms with E-state index in [4.69, 9.17) is 15.0 Å². The molecule has 2 unspecified atom stereocenters. The molecule has 7 nitrogen and oxygen atoms in total. The van der Waals surface area contributed by atoms with Crippen LogP contribution in [0.15, 0.2) is 0 Å². The van der Waals surface area contributed by atoms with Gasteiger partial charge in [0.05, 0.1) is 11.5 Å². The molecular weight excluding hydrogens is 424 g/mol. The van der Waals surface area contributed by atoms with Crippen molar-refractivity contribution in [2.24, 2.45) is 16.7 Å². The van der Waals surface area contributed by atoms with E-state index < -0.39 is 23.1 Å². The molecular formula is C26H52O7. The smallest absolute Gasteiger partial charge is 0.345 e. The van der Waals surface area contributed by atoms with Crippen molar-refractivity contribution in [2.75, 3.05) is 0 Å². The molecule has 0 radical (unpaired) electrons. The summed E-state index contributed by atoms with van der Waals surface area (Å²) in [6.07, 6.45) is 6.66. The van der Waals surface area contributed by atoms with Crippen LogP contribution < -0.4 is 0 Å². The van der Waals surface area contributed by atoms with E-state index in [2.05, 4.69) is 25.7 Å². The van der Waals surface area contributed by atoms with Crippen LogP contribution in [0.25, 0.3) is 0 Å². The number of hydrogen-bond donors (Lipinski definition) is 2. The number of unbranched alkanes of at least 4 members (excludes halogenated alkanes) is 2. The fraction of sp³-hybridized carbons (Fsp3) is 0.923. The summed E-state index contributed by atoms with van der Waals surface area (Å²) in [7, 11) is 0. The molecule has 0 amide bonds. The Bertz CT molecular complexity index is 552. The average molecular weight is 477 g/mol. The van der Waals surface area contributed by atoms with Gasteiger partial charge in [0.2, 0.25) is 0 Å². The van der Waals surface area contributed by atoms with Crippen LogP contribution in [0.5, 0.6) is 0 Å². The number of carbonyl (C=O) groups excluding carboxylic acids is 1. The second kappa shape index (κ2) is 14.9. The van der Waals surface area contributed by atoms with E-state index in [0.717, 1.165) is 38.5 Å². The minimum Gasteiger partial charge on any atom is -0.479 e. The molecule has 0 aromatic rings. The molecule has 0 aliphatic carbocycles. The molecule has 0 saturated heterocycles. The summed E-state index contributed by atoms with van der Waals surface area (Å²) in [6.45, 7) is 22.0. The molecule has 0 fully saturated rings. The van der Waals surface area contributed by atoms with E-state index in [1.807, 2.05) is 48.5 Å². The van der Waals surface area contributed by atoms with E-state index in [1.54, 1.807) is 6.92 Å². The Morgan fingerprint density at radius 2 is 1.36 bits per heavy atom. The van der Waals surface area contributed by atoms with Crippen LogP contribution in [-0.4, -0.2) is 33.5 Å². The van der Waals surface area contributed by atoms with Crippen molar-refractivity contribution in [1.29, 1.82) is 0 Å². The SMILES string of the molecule is CC(C)(C)CCCCC(C(=O)OO)C(C)(C)C.CCCCC(CC)(OOC(C)(C)C)C(=O)O. The van der Waals surface area contributed by atoms with Crippen molar-refractivity contribution in [2.45, 2.75) is 139 Å². The lowest BCUT2D eigenvalue weighted by Gasteiger charge is -2.30. The maximum absolute atomic E-state index is 11.5. The van der Waals surface area contributed by atoms with Crippen molar-refractivity contribution < 1.29 is 34.6 Å². The molecule has 0 heterocycles. The first-order chi connectivity index (χ1) is 14.8. The summed E-state index contributed by atoms with van der Waals surface area (Å²) in [4.78, 5) is 37.0. The summed E-state index contributed by atoms with van der Waals surface area (Å²) in [5.41, 5.74) is -1.53. The van der Waals surface area contributed by atoms with Crippen LogP contribution in [0.2, 0.25) is 0 Å². The molecule has 0 bridgehead atoms. The first-order valence-corrected chi connectivity index (χ1v) is 12.3. The van der Waals surface area contributed by atoms with E-state index >= 15 is 0 Å². The quantitative estimate of drug-likeness (QED) is 0.171. The molecule has 0 saturated carbocycles. The highest BCUT2D eigenvalue weighted by atomic mass is 17.2. The Hall–Kier alpha value is -1.18. The van der Waals surface area contributed by atoms with E-state index in [9.17, 15) is 14.7 Å². The van der Waals surface area contributed by atoms with Gasteiger partial charge in [0.25, 0.3) is 0 Å². The second-order valence-electron chi connectivity index (χ2n) is 12.2. The van der Waals surface area contributed by atoms with E-state index in [1.165, 1.54) is 0 Å². The first-order valence-electron chi connectivity index (χ1n) is 12.3. The Morgan fingerprint density at radius 3 is 1.70 bits per heavy atom. The van der Waals surface area contributed by atoms with Gasteiger partial charge in [-0.25, -0.2) is 19.4 Å². The summed E-state index contributed by atoms with van der Waals surface area (Å²) >= 11 is 0. The number of aliphatic carboxylic acids is 1. The molecule has 198 valence electrons. The van der Waals surface area contributed by atoms with Gasteiger partial charge in [0.15, 0.2) is 5.60 Å². The summed E-state index contributed by atoms with van der Waals surface area (Å²) < 4.78 is 0.